The summed E-state index contributed by atoms with van der Waals surface area (Å²) in [5, 5.41) is 11.7. The van der Waals surface area contributed by atoms with Gasteiger partial charge in [-0.25, -0.2) is 0 Å². The molecule has 2 aliphatic rings. The summed E-state index contributed by atoms with van der Waals surface area (Å²) in [6, 6.07) is 10.0. The number of ether oxygens (including phenoxy) is 3. The zero-order valence-corrected chi connectivity index (χ0v) is 21.2. The van der Waals surface area contributed by atoms with Crippen molar-refractivity contribution in [3.05, 3.63) is 57.6 Å². The molecule has 1 fully saturated rings. The number of carbonyl (C=O) groups is 1. The summed E-state index contributed by atoms with van der Waals surface area (Å²) in [7, 11) is 1.04. The predicted molar refractivity (Wildman–Crippen MR) is 134 cm³/mol. The van der Waals surface area contributed by atoms with Crippen molar-refractivity contribution >= 4 is 29.9 Å². The number of rotatable bonds is 9. The standard InChI is InChI=1S/C25H31BN2O8/c1-24(2)25(3,4)36-26(35-24)18-6-8-20-17(14-18)10-11-27(23(20)29)19-7-9-22(21(15-19)28(30)31)34-16-33-13-12-32-5/h6-9,14-15H,10-13,16H2,1-5H3. The van der Waals surface area contributed by atoms with Crippen LogP contribution in [0.1, 0.15) is 43.6 Å². The van der Waals surface area contributed by atoms with Crippen LogP contribution in [0.15, 0.2) is 36.4 Å². The predicted octanol–water partition coefficient (Wildman–Crippen LogP) is 3.10. The molecular weight excluding hydrogens is 467 g/mol. The van der Waals surface area contributed by atoms with E-state index in [4.69, 9.17) is 23.5 Å². The van der Waals surface area contributed by atoms with Crippen LogP contribution in [0.3, 0.4) is 0 Å². The van der Waals surface area contributed by atoms with Crippen LogP contribution in [0.4, 0.5) is 11.4 Å². The third-order valence-corrected chi connectivity index (χ3v) is 6.92. The highest BCUT2D eigenvalue weighted by Gasteiger charge is 2.51. The zero-order chi connectivity index (χ0) is 26.1. The molecule has 0 radical (unpaired) electrons. The topological polar surface area (TPSA) is 110 Å². The minimum atomic E-state index is -0.535. The van der Waals surface area contributed by atoms with E-state index in [0.717, 1.165) is 11.0 Å². The van der Waals surface area contributed by atoms with Crippen molar-refractivity contribution < 1.29 is 33.2 Å². The molecule has 0 saturated carbocycles. The number of hydrogen-bond acceptors (Lipinski definition) is 8. The summed E-state index contributed by atoms with van der Waals surface area (Å²) < 4.78 is 27.8. The fraction of sp³-hybridized carbons (Fsp3) is 0.480. The fourth-order valence-electron chi connectivity index (χ4n) is 4.13. The summed E-state index contributed by atoms with van der Waals surface area (Å²) >= 11 is 0. The molecule has 2 aromatic rings. The number of nitro benzene ring substituents is 1. The first-order chi connectivity index (χ1) is 17.0. The summed E-state index contributed by atoms with van der Waals surface area (Å²) in [4.78, 5) is 26.0. The average Bonchev–Trinajstić information content (AvgIpc) is 3.05. The van der Waals surface area contributed by atoms with E-state index in [2.05, 4.69) is 0 Å². The van der Waals surface area contributed by atoms with E-state index in [9.17, 15) is 14.9 Å². The summed E-state index contributed by atoms with van der Waals surface area (Å²) in [5.41, 5.74) is 1.58. The van der Waals surface area contributed by atoms with Crippen LogP contribution in [-0.2, 0) is 25.2 Å². The number of anilines is 1. The van der Waals surface area contributed by atoms with Gasteiger partial charge >= 0.3 is 12.8 Å². The Morgan fingerprint density at radius 1 is 1.08 bits per heavy atom. The van der Waals surface area contributed by atoms with Crippen molar-refractivity contribution in [1.82, 2.24) is 0 Å². The number of hydrogen-bond donors (Lipinski definition) is 0. The molecule has 10 nitrogen and oxygen atoms in total. The van der Waals surface area contributed by atoms with Crippen LogP contribution in [0.25, 0.3) is 0 Å². The second-order valence-corrected chi connectivity index (χ2v) is 9.78. The third-order valence-electron chi connectivity index (χ3n) is 6.92. The first kappa shape index (κ1) is 26.1. The molecule has 0 N–H and O–H groups in total. The van der Waals surface area contributed by atoms with E-state index in [1.165, 1.54) is 12.1 Å². The van der Waals surface area contributed by atoms with Crippen molar-refractivity contribution in [2.24, 2.45) is 0 Å². The quantitative estimate of drug-likeness (QED) is 0.171. The second kappa shape index (κ2) is 10.2. The summed E-state index contributed by atoms with van der Waals surface area (Å²) in [6.45, 7) is 8.92. The highest BCUT2D eigenvalue weighted by molar-refractivity contribution is 6.62. The molecule has 0 bridgehead atoms. The van der Waals surface area contributed by atoms with E-state index in [1.54, 1.807) is 24.1 Å². The normalized spacial score (nSPS) is 18.3. The Bertz CT molecular complexity index is 1140. The Kier molecular flexibility index (Phi) is 7.37. The van der Waals surface area contributed by atoms with Crippen molar-refractivity contribution in [3.8, 4) is 5.75 Å². The van der Waals surface area contributed by atoms with E-state index < -0.39 is 23.2 Å². The molecule has 36 heavy (non-hydrogen) atoms. The molecule has 2 aromatic carbocycles. The van der Waals surface area contributed by atoms with E-state index >= 15 is 0 Å². The average molecular weight is 498 g/mol. The van der Waals surface area contributed by atoms with Gasteiger partial charge in [0, 0.05) is 25.3 Å². The maximum Gasteiger partial charge on any atom is 0.494 e. The van der Waals surface area contributed by atoms with Crippen LogP contribution in [-0.4, -0.2) is 62.8 Å². The number of nitrogens with zero attached hydrogens (tertiary/aromatic N) is 2. The SMILES string of the molecule is COCCOCOc1ccc(N2CCc3cc(B4OC(C)(C)C(C)(C)O4)ccc3C2=O)cc1[N+](=O)[O-]. The van der Waals surface area contributed by atoms with Gasteiger partial charge in [-0.15, -0.1) is 0 Å². The van der Waals surface area contributed by atoms with Gasteiger partial charge in [0.25, 0.3) is 5.91 Å². The van der Waals surface area contributed by atoms with Gasteiger partial charge in [0.15, 0.2) is 12.5 Å². The summed E-state index contributed by atoms with van der Waals surface area (Å²) in [6.07, 6.45) is 0.591. The maximum atomic E-state index is 13.3. The Labute approximate surface area is 210 Å². The number of carbonyl (C=O) groups excluding carboxylic acids is 1. The minimum Gasteiger partial charge on any atom is -0.460 e. The Hall–Kier alpha value is -2.99. The molecule has 2 heterocycles. The molecule has 2 aliphatic heterocycles. The van der Waals surface area contributed by atoms with Gasteiger partial charge in [-0.2, -0.15) is 0 Å². The van der Waals surface area contributed by atoms with E-state index in [0.29, 0.717) is 37.4 Å². The Balaban J connectivity index is 1.51. The third kappa shape index (κ3) is 5.10. The number of methoxy groups -OCH3 is 1. The number of amides is 1. The van der Waals surface area contributed by atoms with Gasteiger partial charge in [0.05, 0.1) is 35.0 Å². The highest BCUT2D eigenvalue weighted by atomic mass is 16.7. The van der Waals surface area contributed by atoms with Crippen LogP contribution >= 0.6 is 0 Å². The van der Waals surface area contributed by atoms with E-state index in [1.807, 2.05) is 39.8 Å². The van der Waals surface area contributed by atoms with Gasteiger partial charge in [-0.1, -0.05) is 12.1 Å². The second-order valence-electron chi connectivity index (χ2n) is 9.78. The molecule has 192 valence electrons. The lowest BCUT2D eigenvalue weighted by atomic mass is 9.77. The van der Waals surface area contributed by atoms with Gasteiger partial charge in [0.2, 0.25) is 0 Å². The summed E-state index contributed by atoms with van der Waals surface area (Å²) in [5.74, 6) is -0.152. The molecule has 0 atom stereocenters. The van der Waals surface area contributed by atoms with Crippen LogP contribution in [0.2, 0.25) is 0 Å². The first-order valence-electron chi connectivity index (χ1n) is 11.8. The largest absolute Gasteiger partial charge is 0.494 e. The minimum absolute atomic E-state index is 0.0677. The van der Waals surface area contributed by atoms with Crippen LogP contribution < -0.4 is 15.1 Å². The fourth-order valence-corrected chi connectivity index (χ4v) is 4.13. The van der Waals surface area contributed by atoms with Crippen molar-refractivity contribution in [1.29, 1.82) is 0 Å². The lowest BCUT2D eigenvalue weighted by Crippen LogP contribution is -2.41. The molecule has 0 aliphatic carbocycles. The number of nitro groups is 1. The van der Waals surface area contributed by atoms with Crippen LogP contribution in [0.5, 0.6) is 5.75 Å². The molecule has 11 heteroatoms. The van der Waals surface area contributed by atoms with Crippen LogP contribution in [0, 0.1) is 10.1 Å². The highest BCUT2D eigenvalue weighted by Crippen LogP contribution is 2.37. The van der Waals surface area contributed by atoms with Crippen molar-refractivity contribution in [2.45, 2.75) is 45.3 Å². The lowest BCUT2D eigenvalue weighted by Gasteiger charge is -2.32. The van der Waals surface area contributed by atoms with Gasteiger partial charge in [-0.3, -0.25) is 14.9 Å². The van der Waals surface area contributed by atoms with Gasteiger partial charge in [-0.05, 0) is 63.3 Å². The maximum absolute atomic E-state index is 13.3. The monoisotopic (exact) mass is 498 g/mol. The molecule has 1 amide bonds. The molecular formula is C25H31BN2O8. The smallest absolute Gasteiger partial charge is 0.460 e. The van der Waals surface area contributed by atoms with Crippen molar-refractivity contribution in [2.75, 3.05) is 38.6 Å². The first-order valence-corrected chi connectivity index (χ1v) is 11.8. The Morgan fingerprint density at radius 3 is 2.47 bits per heavy atom. The van der Waals surface area contributed by atoms with Gasteiger partial charge < -0.3 is 28.4 Å². The molecule has 0 unspecified atom stereocenters. The van der Waals surface area contributed by atoms with Crippen molar-refractivity contribution in [3.63, 3.8) is 0 Å². The van der Waals surface area contributed by atoms with Gasteiger partial charge in [0.1, 0.15) is 0 Å². The number of benzene rings is 2. The lowest BCUT2D eigenvalue weighted by molar-refractivity contribution is -0.386. The number of fused-ring (bicyclic) bond motifs is 1. The molecule has 1 saturated heterocycles. The Morgan fingerprint density at radius 2 is 1.81 bits per heavy atom. The molecule has 0 spiro atoms. The zero-order valence-electron chi connectivity index (χ0n) is 21.2. The molecule has 0 aromatic heterocycles. The molecule has 4 rings (SSSR count). The van der Waals surface area contributed by atoms with E-state index in [-0.39, 0.29) is 24.1 Å².